The lowest BCUT2D eigenvalue weighted by Gasteiger charge is -2.15. The van der Waals surface area contributed by atoms with E-state index in [1.54, 1.807) is 12.1 Å². The Bertz CT molecular complexity index is 1110. The molecule has 0 radical (unpaired) electrons. The molecule has 3 rings (SSSR count). The zero-order chi connectivity index (χ0) is 23.2. The number of sulfonamides is 1. The van der Waals surface area contributed by atoms with Crippen molar-refractivity contribution in [2.45, 2.75) is 30.5 Å². The van der Waals surface area contributed by atoms with Crippen LogP contribution in [0, 0.1) is 11.8 Å². The number of alkyl halides is 3. The zero-order valence-electron chi connectivity index (χ0n) is 17.1. The molecule has 0 aliphatic carbocycles. The molecule has 170 valence electrons. The first-order valence-electron chi connectivity index (χ1n) is 9.93. The van der Waals surface area contributed by atoms with Crippen LogP contribution in [-0.2, 0) is 22.7 Å². The van der Waals surface area contributed by atoms with E-state index in [0.717, 1.165) is 30.5 Å². The predicted octanol–water partition coefficient (Wildman–Crippen LogP) is 3.34. The van der Waals surface area contributed by atoms with Crippen LogP contribution in [0.1, 0.15) is 29.5 Å². The standard InChI is InChI=1S/C22H22F3N3O3S/c23-22(24,25)19-7-3-5-17(15-19)6-4-12-26-21(29)27-16-18-8-10-20(11-9-18)32(30,31)28-13-1-2-14-28/h3,5,7-11,15H,1-2,12-14,16H2,(H2,26,27,29). The Hall–Kier alpha value is -3.03. The van der Waals surface area contributed by atoms with Crippen molar-refractivity contribution in [2.75, 3.05) is 19.6 Å². The van der Waals surface area contributed by atoms with Crippen molar-refractivity contribution in [1.82, 2.24) is 14.9 Å². The molecule has 1 saturated heterocycles. The Morgan fingerprint density at radius 2 is 1.72 bits per heavy atom. The van der Waals surface area contributed by atoms with E-state index in [4.69, 9.17) is 0 Å². The van der Waals surface area contributed by atoms with Crippen LogP contribution < -0.4 is 10.6 Å². The van der Waals surface area contributed by atoms with Crippen LogP contribution in [0.3, 0.4) is 0 Å². The average molecular weight is 465 g/mol. The van der Waals surface area contributed by atoms with Gasteiger partial charge in [0.05, 0.1) is 17.0 Å². The molecule has 1 aliphatic heterocycles. The summed E-state index contributed by atoms with van der Waals surface area (Å²) >= 11 is 0. The van der Waals surface area contributed by atoms with E-state index < -0.39 is 27.8 Å². The molecule has 1 heterocycles. The minimum atomic E-state index is -4.44. The highest BCUT2D eigenvalue weighted by atomic mass is 32.2. The Morgan fingerprint density at radius 3 is 2.38 bits per heavy atom. The summed E-state index contributed by atoms with van der Waals surface area (Å²) in [6.07, 6.45) is -2.71. The SMILES string of the molecule is O=C(NCC#Cc1cccc(C(F)(F)F)c1)NCc1ccc(S(=O)(=O)N2CCCC2)cc1. The van der Waals surface area contributed by atoms with Crippen LogP contribution in [0.15, 0.2) is 53.4 Å². The first kappa shape index (κ1) is 23.6. The number of nitrogens with one attached hydrogen (secondary N) is 2. The van der Waals surface area contributed by atoms with E-state index in [0.29, 0.717) is 13.1 Å². The molecule has 2 amide bonds. The van der Waals surface area contributed by atoms with E-state index in [2.05, 4.69) is 22.5 Å². The number of carbonyl (C=O) groups excluding carboxylic acids is 1. The Morgan fingerprint density at radius 1 is 1.03 bits per heavy atom. The van der Waals surface area contributed by atoms with Crippen molar-refractivity contribution in [3.05, 3.63) is 65.2 Å². The number of hydrogen-bond donors (Lipinski definition) is 2. The molecule has 10 heteroatoms. The van der Waals surface area contributed by atoms with Gasteiger partial charge in [0.15, 0.2) is 0 Å². The van der Waals surface area contributed by atoms with E-state index in [9.17, 15) is 26.4 Å². The van der Waals surface area contributed by atoms with Gasteiger partial charge in [0.25, 0.3) is 0 Å². The van der Waals surface area contributed by atoms with E-state index in [1.807, 2.05) is 0 Å². The fourth-order valence-corrected chi connectivity index (χ4v) is 4.66. The van der Waals surface area contributed by atoms with Gasteiger partial charge in [-0.3, -0.25) is 0 Å². The number of carbonyl (C=O) groups is 1. The summed E-state index contributed by atoms with van der Waals surface area (Å²) in [5.41, 5.74) is 0.135. The molecule has 0 aromatic heterocycles. The van der Waals surface area contributed by atoms with Crippen molar-refractivity contribution in [3.8, 4) is 11.8 Å². The lowest BCUT2D eigenvalue weighted by molar-refractivity contribution is -0.137. The molecule has 2 aromatic rings. The number of nitrogens with zero attached hydrogens (tertiary/aromatic N) is 1. The third kappa shape index (κ3) is 6.24. The zero-order valence-corrected chi connectivity index (χ0v) is 17.9. The molecule has 0 bridgehead atoms. The molecular weight excluding hydrogens is 443 g/mol. The van der Waals surface area contributed by atoms with Crippen LogP contribution >= 0.6 is 0 Å². The second-order valence-electron chi connectivity index (χ2n) is 7.17. The van der Waals surface area contributed by atoms with Crippen molar-refractivity contribution in [2.24, 2.45) is 0 Å². The third-order valence-electron chi connectivity index (χ3n) is 4.84. The molecular formula is C22H22F3N3O3S. The molecule has 2 N–H and O–H groups in total. The molecule has 0 saturated carbocycles. The summed E-state index contributed by atoms with van der Waals surface area (Å²) in [6.45, 7) is 1.19. The smallest absolute Gasteiger partial charge is 0.334 e. The molecule has 2 aromatic carbocycles. The van der Waals surface area contributed by atoms with Gasteiger partial charge in [0.2, 0.25) is 10.0 Å². The molecule has 6 nitrogen and oxygen atoms in total. The molecule has 1 fully saturated rings. The summed E-state index contributed by atoms with van der Waals surface area (Å²) in [4.78, 5) is 12.1. The van der Waals surface area contributed by atoms with Crippen LogP contribution in [0.2, 0.25) is 0 Å². The van der Waals surface area contributed by atoms with Crippen LogP contribution in [0.4, 0.5) is 18.0 Å². The van der Waals surface area contributed by atoms with Gasteiger partial charge in [0, 0.05) is 25.2 Å². The van der Waals surface area contributed by atoms with Crippen LogP contribution in [-0.4, -0.2) is 38.4 Å². The monoisotopic (exact) mass is 465 g/mol. The van der Waals surface area contributed by atoms with E-state index >= 15 is 0 Å². The molecule has 0 spiro atoms. The Labute approximate surface area is 184 Å². The third-order valence-corrected chi connectivity index (χ3v) is 6.75. The summed E-state index contributed by atoms with van der Waals surface area (Å²) in [7, 11) is -3.48. The molecule has 0 atom stereocenters. The maximum Gasteiger partial charge on any atom is 0.416 e. The number of benzene rings is 2. The fraction of sp³-hybridized carbons (Fsp3) is 0.318. The fourth-order valence-electron chi connectivity index (χ4n) is 3.15. The minimum absolute atomic E-state index is 0.0465. The average Bonchev–Trinajstić information content (AvgIpc) is 3.31. The van der Waals surface area contributed by atoms with Gasteiger partial charge in [-0.05, 0) is 48.7 Å². The van der Waals surface area contributed by atoms with E-state index in [1.165, 1.54) is 28.6 Å². The number of hydrogen-bond acceptors (Lipinski definition) is 3. The topological polar surface area (TPSA) is 78.5 Å². The molecule has 32 heavy (non-hydrogen) atoms. The second-order valence-corrected chi connectivity index (χ2v) is 9.11. The highest BCUT2D eigenvalue weighted by molar-refractivity contribution is 7.89. The molecule has 0 unspecified atom stereocenters. The number of halogens is 3. The number of amides is 2. The first-order chi connectivity index (χ1) is 15.2. The normalized spacial score (nSPS) is 14.5. The summed E-state index contributed by atoms with van der Waals surface area (Å²) in [6, 6.07) is 10.4. The highest BCUT2D eigenvalue weighted by Gasteiger charge is 2.30. The maximum atomic E-state index is 12.7. The second kappa shape index (κ2) is 10.1. The van der Waals surface area contributed by atoms with Gasteiger partial charge in [0.1, 0.15) is 0 Å². The van der Waals surface area contributed by atoms with Crippen molar-refractivity contribution >= 4 is 16.1 Å². The summed E-state index contributed by atoms with van der Waals surface area (Å²) in [5.74, 6) is 5.18. The van der Waals surface area contributed by atoms with Crippen molar-refractivity contribution < 1.29 is 26.4 Å². The van der Waals surface area contributed by atoms with Gasteiger partial charge in [-0.1, -0.05) is 30.0 Å². The lowest BCUT2D eigenvalue weighted by Crippen LogP contribution is -2.35. The maximum absolute atomic E-state index is 12.7. The van der Waals surface area contributed by atoms with E-state index in [-0.39, 0.29) is 23.5 Å². The number of rotatable bonds is 5. The quantitative estimate of drug-likeness (QED) is 0.665. The first-order valence-corrected chi connectivity index (χ1v) is 11.4. The van der Waals surface area contributed by atoms with Crippen molar-refractivity contribution in [1.29, 1.82) is 0 Å². The Balaban J connectivity index is 1.46. The largest absolute Gasteiger partial charge is 0.416 e. The van der Waals surface area contributed by atoms with Crippen LogP contribution in [0.25, 0.3) is 0 Å². The Kier molecular flexibility index (Phi) is 7.43. The van der Waals surface area contributed by atoms with Gasteiger partial charge >= 0.3 is 12.2 Å². The highest BCUT2D eigenvalue weighted by Crippen LogP contribution is 2.29. The predicted molar refractivity (Wildman–Crippen MR) is 113 cm³/mol. The van der Waals surface area contributed by atoms with Crippen molar-refractivity contribution in [3.63, 3.8) is 0 Å². The summed E-state index contributed by atoms with van der Waals surface area (Å²) < 4.78 is 64.6. The lowest BCUT2D eigenvalue weighted by atomic mass is 10.1. The number of urea groups is 1. The van der Waals surface area contributed by atoms with Gasteiger partial charge < -0.3 is 10.6 Å². The van der Waals surface area contributed by atoms with Gasteiger partial charge in [-0.25, -0.2) is 13.2 Å². The van der Waals surface area contributed by atoms with Gasteiger partial charge in [-0.2, -0.15) is 17.5 Å². The van der Waals surface area contributed by atoms with Crippen LogP contribution in [0.5, 0.6) is 0 Å². The minimum Gasteiger partial charge on any atom is -0.334 e. The van der Waals surface area contributed by atoms with Gasteiger partial charge in [-0.15, -0.1) is 0 Å². The molecule has 1 aliphatic rings. The summed E-state index contributed by atoms with van der Waals surface area (Å²) in [5, 5.41) is 5.11.